The van der Waals surface area contributed by atoms with Crippen LogP contribution in [0.25, 0.3) is 0 Å². The van der Waals surface area contributed by atoms with E-state index in [0.29, 0.717) is 12.0 Å². The van der Waals surface area contributed by atoms with Crippen LogP contribution in [0.5, 0.6) is 0 Å². The molecule has 0 aromatic heterocycles. The molecule has 0 saturated carbocycles. The van der Waals surface area contributed by atoms with Crippen molar-refractivity contribution in [1.82, 2.24) is 10.6 Å². The molecule has 1 aliphatic rings. The van der Waals surface area contributed by atoms with Crippen LogP contribution in [0.4, 0.5) is 0 Å². The number of hydrogen-bond donors (Lipinski definition) is 2. The van der Waals surface area contributed by atoms with Gasteiger partial charge in [0.1, 0.15) is 0 Å². The van der Waals surface area contributed by atoms with Gasteiger partial charge in [-0.3, -0.25) is 0 Å². The van der Waals surface area contributed by atoms with Gasteiger partial charge in [-0.25, -0.2) is 0 Å². The Morgan fingerprint density at radius 1 is 1.27 bits per heavy atom. The lowest BCUT2D eigenvalue weighted by atomic mass is 10.0. The molecular weight excluding hydrogens is 188 g/mol. The Kier molecular flexibility index (Phi) is 5.03. The van der Waals surface area contributed by atoms with Gasteiger partial charge in [-0.2, -0.15) is 0 Å². The zero-order chi connectivity index (χ0) is 11.3. The second-order valence-electron chi connectivity index (χ2n) is 5.56. The van der Waals surface area contributed by atoms with Crippen LogP contribution in [-0.2, 0) is 4.74 Å². The van der Waals surface area contributed by atoms with E-state index in [9.17, 15) is 0 Å². The van der Waals surface area contributed by atoms with Gasteiger partial charge >= 0.3 is 0 Å². The lowest BCUT2D eigenvalue weighted by Crippen LogP contribution is -2.41. The Labute approximate surface area is 94.0 Å². The molecule has 0 aromatic carbocycles. The van der Waals surface area contributed by atoms with Crippen LogP contribution in [0, 0.1) is 5.92 Å². The first-order valence-corrected chi connectivity index (χ1v) is 6.06. The fourth-order valence-electron chi connectivity index (χ4n) is 1.79. The maximum absolute atomic E-state index is 5.63. The molecule has 3 nitrogen and oxygen atoms in total. The first kappa shape index (κ1) is 12.9. The van der Waals surface area contributed by atoms with E-state index in [1.807, 2.05) is 0 Å². The Morgan fingerprint density at radius 3 is 2.53 bits per heavy atom. The smallest absolute Gasteiger partial charge is 0.0725 e. The van der Waals surface area contributed by atoms with Crippen molar-refractivity contribution in [2.24, 2.45) is 5.92 Å². The summed E-state index contributed by atoms with van der Waals surface area (Å²) in [6, 6.07) is 0. The molecule has 2 unspecified atom stereocenters. The average molecular weight is 214 g/mol. The van der Waals surface area contributed by atoms with Gasteiger partial charge in [0.05, 0.1) is 6.10 Å². The van der Waals surface area contributed by atoms with Crippen LogP contribution < -0.4 is 10.6 Å². The topological polar surface area (TPSA) is 33.3 Å². The molecule has 2 N–H and O–H groups in total. The molecule has 0 aromatic rings. The highest BCUT2D eigenvalue weighted by Crippen LogP contribution is 2.18. The van der Waals surface area contributed by atoms with Crippen LogP contribution in [0.1, 0.15) is 34.1 Å². The molecule has 1 aliphatic heterocycles. The highest BCUT2D eigenvalue weighted by Gasteiger charge is 2.23. The molecule has 1 rings (SSSR count). The molecular formula is C12H26N2O. The Hall–Kier alpha value is -0.120. The predicted octanol–water partition coefficient (Wildman–Crippen LogP) is 1.39. The third-order valence-electron chi connectivity index (χ3n) is 2.84. The normalized spacial score (nSPS) is 27.2. The molecule has 1 fully saturated rings. The Morgan fingerprint density at radius 2 is 2.00 bits per heavy atom. The van der Waals surface area contributed by atoms with Gasteiger partial charge in [-0.05, 0) is 33.1 Å². The van der Waals surface area contributed by atoms with Crippen LogP contribution >= 0.6 is 0 Å². The molecule has 3 heteroatoms. The van der Waals surface area contributed by atoms with Crippen molar-refractivity contribution >= 4 is 0 Å². The molecule has 1 heterocycles. The summed E-state index contributed by atoms with van der Waals surface area (Å²) in [6.45, 7) is 12.8. The maximum atomic E-state index is 5.63. The van der Waals surface area contributed by atoms with Gasteiger partial charge < -0.3 is 15.4 Å². The fraction of sp³-hybridized carbons (Fsp3) is 1.00. The molecule has 0 aliphatic carbocycles. The number of ether oxygens (including phenoxy) is 1. The van der Waals surface area contributed by atoms with Gasteiger partial charge in [0.25, 0.3) is 0 Å². The van der Waals surface area contributed by atoms with Crippen LogP contribution in [0.2, 0.25) is 0 Å². The summed E-state index contributed by atoms with van der Waals surface area (Å²) < 4.78 is 5.63. The minimum Gasteiger partial charge on any atom is -0.377 e. The SMILES string of the molecule is CC1CCOC1CNCCNC(C)(C)C. The van der Waals surface area contributed by atoms with E-state index < -0.39 is 0 Å². The van der Waals surface area contributed by atoms with Gasteiger partial charge in [0.15, 0.2) is 0 Å². The second-order valence-corrected chi connectivity index (χ2v) is 5.56. The van der Waals surface area contributed by atoms with Crippen molar-refractivity contribution in [1.29, 1.82) is 0 Å². The van der Waals surface area contributed by atoms with E-state index in [1.165, 1.54) is 6.42 Å². The van der Waals surface area contributed by atoms with Gasteiger partial charge in [-0.15, -0.1) is 0 Å². The summed E-state index contributed by atoms with van der Waals surface area (Å²) in [4.78, 5) is 0. The van der Waals surface area contributed by atoms with Crippen LogP contribution in [0.3, 0.4) is 0 Å². The van der Waals surface area contributed by atoms with Gasteiger partial charge in [0, 0.05) is 31.8 Å². The maximum Gasteiger partial charge on any atom is 0.0725 e. The summed E-state index contributed by atoms with van der Waals surface area (Å²) in [5.74, 6) is 0.716. The summed E-state index contributed by atoms with van der Waals surface area (Å²) in [5.41, 5.74) is 0.221. The standard InChI is InChI=1S/C12H26N2O/c1-10-5-8-15-11(10)9-13-6-7-14-12(2,3)4/h10-11,13-14H,5-9H2,1-4H3. The van der Waals surface area contributed by atoms with E-state index in [-0.39, 0.29) is 5.54 Å². The minimum atomic E-state index is 0.221. The molecule has 0 spiro atoms. The van der Waals surface area contributed by atoms with E-state index >= 15 is 0 Å². The molecule has 1 saturated heterocycles. The van der Waals surface area contributed by atoms with Crippen LogP contribution in [-0.4, -0.2) is 37.9 Å². The number of hydrogen-bond acceptors (Lipinski definition) is 3. The molecule has 2 atom stereocenters. The van der Waals surface area contributed by atoms with Crippen LogP contribution in [0.15, 0.2) is 0 Å². The van der Waals surface area contributed by atoms with E-state index in [0.717, 1.165) is 26.2 Å². The zero-order valence-corrected chi connectivity index (χ0v) is 10.6. The molecule has 0 bridgehead atoms. The van der Waals surface area contributed by atoms with Gasteiger partial charge in [-0.1, -0.05) is 6.92 Å². The van der Waals surface area contributed by atoms with Gasteiger partial charge in [0.2, 0.25) is 0 Å². The summed E-state index contributed by atoms with van der Waals surface area (Å²) in [6.07, 6.45) is 1.65. The van der Waals surface area contributed by atoms with Crippen molar-refractivity contribution in [3.63, 3.8) is 0 Å². The summed E-state index contributed by atoms with van der Waals surface area (Å²) in [7, 11) is 0. The highest BCUT2D eigenvalue weighted by molar-refractivity contribution is 4.75. The summed E-state index contributed by atoms with van der Waals surface area (Å²) >= 11 is 0. The third-order valence-corrected chi connectivity index (χ3v) is 2.84. The predicted molar refractivity (Wildman–Crippen MR) is 64.1 cm³/mol. The monoisotopic (exact) mass is 214 g/mol. The van der Waals surface area contributed by atoms with Crippen molar-refractivity contribution in [3.8, 4) is 0 Å². The van der Waals surface area contributed by atoms with Crippen molar-refractivity contribution < 1.29 is 4.74 Å². The van der Waals surface area contributed by atoms with E-state index in [1.54, 1.807) is 0 Å². The summed E-state index contributed by atoms with van der Waals surface area (Å²) in [5, 5.41) is 6.90. The average Bonchev–Trinajstić information content (AvgIpc) is 2.49. The van der Waals surface area contributed by atoms with Crippen molar-refractivity contribution in [2.45, 2.75) is 45.8 Å². The van der Waals surface area contributed by atoms with E-state index in [2.05, 4.69) is 38.3 Å². The molecule has 0 amide bonds. The Balaban J connectivity index is 1.97. The quantitative estimate of drug-likeness (QED) is 0.679. The lowest BCUT2D eigenvalue weighted by molar-refractivity contribution is 0.0935. The molecule has 0 radical (unpaired) electrons. The zero-order valence-electron chi connectivity index (χ0n) is 10.6. The number of rotatable bonds is 5. The number of nitrogens with one attached hydrogen (secondary N) is 2. The molecule has 15 heavy (non-hydrogen) atoms. The van der Waals surface area contributed by atoms with Crippen molar-refractivity contribution in [2.75, 3.05) is 26.2 Å². The largest absolute Gasteiger partial charge is 0.377 e. The third kappa shape index (κ3) is 5.50. The van der Waals surface area contributed by atoms with Crippen molar-refractivity contribution in [3.05, 3.63) is 0 Å². The minimum absolute atomic E-state index is 0.221. The van der Waals surface area contributed by atoms with E-state index in [4.69, 9.17) is 4.74 Å². The lowest BCUT2D eigenvalue weighted by Gasteiger charge is -2.21. The molecule has 90 valence electrons. The first-order valence-electron chi connectivity index (χ1n) is 6.06. The highest BCUT2D eigenvalue weighted by atomic mass is 16.5. The fourth-order valence-corrected chi connectivity index (χ4v) is 1.79. The Bertz CT molecular complexity index is 177. The second kappa shape index (κ2) is 5.83. The first-order chi connectivity index (χ1) is 6.99.